The molecule has 4 aliphatic rings. The summed E-state index contributed by atoms with van der Waals surface area (Å²) in [5, 5.41) is 2.99. The van der Waals surface area contributed by atoms with Gasteiger partial charge < -0.3 is 19.9 Å². The lowest BCUT2D eigenvalue weighted by Gasteiger charge is -2.41. The molecule has 1 aromatic rings. The maximum Gasteiger partial charge on any atom is 0.246 e. The van der Waals surface area contributed by atoms with E-state index in [9.17, 15) is 14.4 Å². The number of ether oxygens (including phenoxy) is 1. The number of carbonyl (C=O) groups excluding carboxylic acids is 3. The topological polar surface area (TPSA) is 79.0 Å². The van der Waals surface area contributed by atoms with Gasteiger partial charge in [0.1, 0.15) is 23.2 Å². The fraction of sp³-hybridized carbons (Fsp3) is 0.500. The molecule has 0 saturated carbocycles. The Bertz CT molecular complexity index is 967. The monoisotopic (exact) mass is 395 g/mol. The van der Waals surface area contributed by atoms with E-state index < -0.39 is 17.5 Å². The second-order valence-corrected chi connectivity index (χ2v) is 8.68. The minimum absolute atomic E-state index is 0.0223. The third-order valence-electron chi connectivity index (χ3n) is 6.87. The van der Waals surface area contributed by atoms with Crippen LogP contribution in [0.15, 0.2) is 29.8 Å². The molecule has 3 saturated heterocycles. The molecular formula is C22H25N3O4. The number of anilines is 1. The van der Waals surface area contributed by atoms with Crippen LogP contribution >= 0.6 is 0 Å². The van der Waals surface area contributed by atoms with Crippen molar-refractivity contribution in [1.82, 2.24) is 9.80 Å². The predicted molar refractivity (Wildman–Crippen MR) is 107 cm³/mol. The Hall–Kier alpha value is -2.83. The van der Waals surface area contributed by atoms with Crippen LogP contribution in [-0.4, -0.2) is 59.3 Å². The van der Waals surface area contributed by atoms with E-state index in [1.807, 2.05) is 32.1 Å². The highest BCUT2D eigenvalue weighted by Crippen LogP contribution is 2.53. The van der Waals surface area contributed by atoms with Crippen molar-refractivity contribution < 1.29 is 19.1 Å². The van der Waals surface area contributed by atoms with Gasteiger partial charge in [0.05, 0.1) is 13.2 Å². The van der Waals surface area contributed by atoms with Crippen LogP contribution in [0.25, 0.3) is 0 Å². The van der Waals surface area contributed by atoms with Crippen LogP contribution in [0.1, 0.15) is 38.7 Å². The number of rotatable bonds is 2. The van der Waals surface area contributed by atoms with Gasteiger partial charge in [0.2, 0.25) is 17.7 Å². The highest BCUT2D eigenvalue weighted by molar-refractivity contribution is 6.10. The first-order chi connectivity index (χ1) is 13.9. The molecule has 1 N–H and O–H groups in total. The summed E-state index contributed by atoms with van der Waals surface area (Å²) in [5.74, 6) is 0.453. The SMILES string of the molecule is COc1ccc2c(c1)NC(=O)[C@@]21CC2C(=O)N3CCC[C@H]3C(=O)N2[C@H]1C=C(C)C. The van der Waals surface area contributed by atoms with Crippen LogP contribution in [0, 0.1) is 0 Å². The van der Waals surface area contributed by atoms with Crippen molar-refractivity contribution in [3.05, 3.63) is 35.4 Å². The van der Waals surface area contributed by atoms with Gasteiger partial charge in [-0.1, -0.05) is 17.7 Å². The lowest BCUT2D eigenvalue weighted by Crippen LogP contribution is -2.62. The third kappa shape index (κ3) is 2.27. The van der Waals surface area contributed by atoms with Crippen molar-refractivity contribution in [2.75, 3.05) is 19.0 Å². The normalized spacial score (nSPS) is 32.2. The molecular weight excluding hydrogens is 370 g/mol. The summed E-state index contributed by atoms with van der Waals surface area (Å²) in [7, 11) is 1.58. The van der Waals surface area contributed by atoms with Gasteiger partial charge in [-0.25, -0.2) is 0 Å². The number of nitrogens with zero attached hydrogens (tertiary/aromatic N) is 2. The average molecular weight is 395 g/mol. The van der Waals surface area contributed by atoms with Crippen LogP contribution in [0.2, 0.25) is 0 Å². The van der Waals surface area contributed by atoms with E-state index in [0.717, 1.165) is 17.6 Å². The Morgan fingerprint density at radius 2 is 2.00 bits per heavy atom. The summed E-state index contributed by atoms with van der Waals surface area (Å²) < 4.78 is 5.31. The van der Waals surface area contributed by atoms with Crippen molar-refractivity contribution >= 4 is 23.4 Å². The molecule has 0 radical (unpaired) electrons. The molecule has 1 unspecified atom stereocenters. The summed E-state index contributed by atoms with van der Waals surface area (Å²) in [6.07, 6.45) is 3.84. The molecule has 1 aromatic carbocycles. The fourth-order valence-electron chi connectivity index (χ4n) is 5.64. The number of benzene rings is 1. The Kier molecular flexibility index (Phi) is 3.82. The van der Waals surface area contributed by atoms with Crippen molar-refractivity contribution in [2.45, 2.75) is 56.7 Å². The van der Waals surface area contributed by atoms with Gasteiger partial charge in [0.25, 0.3) is 0 Å². The Balaban J connectivity index is 1.69. The number of amides is 3. The van der Waals surface area contributed by atoms with E-state index in [2.05, 4.69) is 5.32 Å². The number of fused-ring (bicyclic) bond motifs is 4. The second-order valence-electron chi connectivity index (χ2n) is 8.68. The molecule has 0 bridgehead atoms. The van der Waals surface area contributed by atoms with Crippen molar-refractivity contribution in [3.8, 4) is 5.75 Å². The average Bonchev–Trinajstić information content (AvgIpc) is 3.36. The summed E-state index contributed by atoms with van der Waals surface area (Å²) in [6, 6.07) is 4.07. The molecule has 4 atom stereocenters. The molecule has 0 aliphatic carbocycles. The molecule has 7 heteroatoms. The lowest BCUT2D eigenvalue weighted by atomic mass is 9.73. The number of hydrogen-bond donors (Lipinski definition) is 1. The van der Waals surface area contributed by atoms with E-state index in [1.54, 1.807) is 23.0 Å². The number of hydrogen-bond acceptors (Lipinski definition) is 4. The quantitative estimate of drug-likeness (QED) is 0.775. The van der Waals surface area contributed by atoms with Gasteiger partial charge in [0.15, 0.2) is 0 Å². The lowest BCUT2D eigenvalue weighted by molar-refractivity contribution is -0.158. The number of methoxy groups -OCH3 is 1. The first-order valence-electron chi connectivity index (χ1n) is 10.2. The summed E-state index contributed by atoms with van der Waals surface area (Å²) in [6.45, 7) is 4.54. The summed E-state index contributed by atoms with van der Waals surface area (Å²) >= 11 is 0. The smallest absolute Gasteiger partial charge is 0.246 e. The molecule has 5 rings (SSSR count). The van der Waals surface area contributed by atoms with E-state index in [1.165, 1.54) is 0 Å². The second kappa shape index (κ2) is 6.08. The largest absolute Gasteiger partial charge is 0.497 e. The number of nitrogens with one attached hydrogen (secondary N) is 1. The summed E-state index contributed by atoms with van der Waals surface area (Å²) in [5.41, 5.74) is 1.58. The van der Waals surface area contributed by atoms with Gasteiger partial charge in [-0.05, 0) is 44.7 Å². The zero-order valence-electron chi connectivity index (χ0n) is 16.9. The molecule has 0 aromatic heterocycles. The van der Waals surface area contributed by atoms with Crippen LogP contribution < -0.4 is 10.1 Å². The fourth-order valence-corrected chi connectivity index (χ4v) is 5.64. The van der Waals surface area contributed by atoms with Crippen LogP contribution in [0.3, 0.4) is 0 Å². The van der Waals surface area contributed by atoms with Crippen LogP contribution in [-0.2, 0) is 19.8 Å². The first kappa shape index (κ1) is 18.2. The van der Waals surface area contributed by atoms with E-state index in [0.29, 0.717) is 30.8 Å². The first-order valence-corrected chi connectivity index (χ1v) is 10.2. The number of carbonyl (C=O) groups is 3. The van der Waals surface area contributed by atoms with E-state index in [-0.39, 0.29) is 23.8 Å². The van der Waals surface area contributed by atoms with Gasteiger partial charge in [-0.3, -0.25) is 14.4 Å². The highest BCUT2D eigenvalue weighted by Gasteiger charge is 2.66. The Morgan fingerprint density at radius 3 is 2.72 bits per heavy atom. The van der Waals surface area contributed by atoms with Crippen molar-refractivity contribution in [1.29, 1.82) is 0 Å². The molecule has 4 heterocycles. The molecule has 152 valence electrons. The molecule has 4 aliphatic heterocycles. The van der Waals surface area contributed by atoms with Gasteiger partial charge >= 0.3 is 0 Å². The molecule has 3 fully saturated rings. The standard InChI is InChI=1S/C22H25N3O4/c1-12(2)9-18-22(14-7-6-13(29-3)10-15(14)23-21(22)28)11-17-19(26)24-8-4-5-16(24)20(27)25(17)18/h6-7,9-10,16-18H,4-5,8,11H2,1-3H3,(H,23,28)/t16-,17?,18-,22-/m0/s1. The molecule has 3 amide bonds. The van der Waals surface area contributed by atoms with Crippen LogP contribution in [0.4, 0.5) is 5.69 Å². The third-order valence-corrected chi connectivity index (χ3v) is 6.87. The van der Waals surface area contributed by atoms with Crippen LogP contribution in [0.5, 0.6) is 5.75 Å². The maximum absolute atomic E-state index is 13.4. The molecule has 29 heavy (non-hydrogen) atoms. The number of allylic oxidation sites excluding steroid dienone is 1. The maximum atomic E-state index is 13.4. The Morgan fingerprint density at radius 1 is 1.21 bits per heavy atom. The van der Waals surface area contributed by atoms with Crippen molar-refractivity contribution in [2.24, 2.45) is 0 Å². The van der Waals surface area contributed by atoms with Crippen molar-refractivity contribution in [3.63, 3.8) is 0 Å². The minimum atomic E-state index is -0.964. The highest BCUT2D eigenvalue weighted by atomic mass is 16.5. The number of piperazine rings is 1. The summed E-state index contributed by atoms with van der Waals surface area (Å²) in [4.78, 5) is 43.6. The van der Waals surface area contributed by atoms with Gasteiger partial charge in [-0.2, -0.15) is 0 Å². The zero-order valence-corrected chi connectivity index (χ0v) is 16.9. The predicted octanol–water partition coefficient (Wildman–Crippen LogP) is 1.83. The van der Waals surface area contributed by atoms with Gasteiger partial charge in [0, 0.05) is 18.3 Å². The minimum Gasteiger partial charge on any atom is -0.497 e. The van der Waals surface area contributed by atoms with E-state index in [4.69, 9.17) is 4.74 Å². The Labute approximate surface area is 169 Å². The van der Waals surface area contributed by atoms with Gasteiger partial charge in [-0.15, -0.1) is 0 Å². The zero-order chi connectivity index (χ0) is 20.5. The molecule has 1 spiro atoms. The van der Waals surface area contributed by atoms with E-state index >= 15 is 0 Å². The molecule has 7 nitrogen and oxygen atoms in total.